The number of nitrogens with zero attached hydrogens (tertiary/aromatic N) is 2. The predicted molar refractivity (Wildman–Crippen MR) is 180 cm³/mol. The maximum Gasteiger partial charge on any atom is 0.330 e. The van der Waals surface area contributed by atoms with Gasteiger partial charge >= 0.3 is 11.9 Å². The van der Waals surface area contributed by atoms with Crippen molar-refractivity contribution in [1.29, 1.82) is 5.26 Å². The van der Waals surface area contributed by atoms with Gasteiger partial charge in [0, 0.05) is 17.9 Å². The van der Waals surface area contributed by atoms with Crippen LogP contribution in [0, 0.1) is 22.2 Å². The number of benzene rings is 2. The van der Waals surface area contributed by atoms with Gasteiger partial charge in [0.25, 0.3) is 10.0 Å². The van der Waals surface area contributed by atoms with Crippen LogP contribution in [0.3, 0.4) is 0 Å². The number of rotatable bonds is 9. The van der Waals surface area contributed by atoms with Gasteiger partial charge in [0.1, 0.15) is 0 Å². The number of carbonyl (C=O) groups excluding carboxylic acids is 2. The molecule has 2 atom stereocenters. The van der Waals surface area contributed by atoms with Gasteiger partial charge in [-0.2, -0.15) is 5.26 Å². The van der Waals surface area contributed by atoms with E-state index in [1.807, 2.05) is 65.8 Å². The summed E-state index contributed by atoms with van der Waals surface area (Å²) < 4.78 is 41.5. The fraction of sp³-hybridized carbons (Fsp3) is 0.541. The lowest BCUT2D eigenvalue weighted by molar-refractivity contribution is -0.141. The molecule has 0 N–H and O–H groups in total. The SMILES string of the molecule is CCOC(=O)/C=C/c1ccc2c(c1)N(S(=O)(=O)c1cccc(C(C#N)(C(C)(C)C)C(C)(C)C)c1)[C@H]1CCCC[C@@]21CCC(=O)OC. The molecule has 1 fully saturated rings. The third-order valence-corrected chi connectivity index (χ3v) is 11.8. The van der Waals surface area contributed by atoms with Gasteiger partial charge < -0.3 is 9.47 Å². The number of hydrogen-bond donors (Lipinski definition) is 0. The number of fused-ring (bicyclic) bond motifs is 3. The first-order valence-corrected chi connectivity index (χ1v) is 17.6. The molecule has 2 aromatic rings. The first kappa shape index (κ1) is 35.2. The molecule has 1 saturated carbocycles. The van der Waals surface area contributed by atoms with Crippen LogP contribution in [0.1, 0.15) is 104 Å². The van der Waals surface area contributed by atoms with E-state index in [1.165, 1.54) is 13.2 Å². The quantitative estimate of drug-likeness (QED) is 0.205. The van der Waals surface area contributed by atoms with Crippen LogP contribution in [0.5, 0.6) is 0 Å². The van der Waals surface area contributed by atoms with Crippen LogP contribution in [0.25, 0.3) is 6.08 Å². The third kappa shape index (κ3) is 5.97. The summed E-state index contributed by atoms with van der Waals surface area (Å²) in [6.45, 7) is 14.1. The average Bonchev–Trinajstić information content (AvgIpc) is 3.28. The van der Waals surface area contributed by atoms with Gasteiger partial charge in [0.15, 0.2) is 0 Å². The fourth-order valence-corrected chi connectivity index (χ4v) is 10.0. The zero-order valence-corrected chi connectivity index (χ0v) is 29.3. The van der Waals surface area contributed by atoms with Crippen molar-refractivity contribution in [3.05, 3.63) is 65.2 Å². The van der Waals surface area contributed by atoms with Gasteiger partial charge in [0.05, 0.1) is 41.8 Å². The van der Waals surface area contributed by atoms with Gasteiger partial charge in [-0.25, -0.2) is 13.2 Å². The van der Waals surface area contributed by atoms with Crippen LogP contribution in [0.2, 0.25) is 0 Å². The van der Waals surface area contributed by atoms with Gasteiger partial charge in [-0.3, -0.25) is 9.10 Å². The smallest absolute Gasteiger partial charge is 0.330 e. The zero-order valence-electron chi connectivity index (χ0n) is 28.5. The lowest BCUT2D eigenvalue weighted by Crippen LogP contribution is -2.50. The van der Waals surface area contributed by atoms with Crippen LogP contribution >= 0.6 is 0 Å². The summed E-state index contributed by atoms with van der Waals surface area (Å²) in [5, 5.41) is 10.7. The molecular weight excluding hydrogens is 600 g/mol. The number of ether oxygens (including phenoxy) is 2. The summed E-state index contributed by atoms with van der Waals surface area (Å²) in [7, 11) is -2.79. The van der Waals surface area contributed by atoms with E-state index in [4.69, 9.17) is 9.47 Å². The zero-order chi connectivity index (χ0) is 34.1. The van der Waals surface area contributed by atoms with Gasteiger partial charge in [-0.05, 0) is 78.0 Å². The summed E-state index contributed by atoms with van der Waals surface area (Å²) in [6, 6.07) is 14.7. The van der Waals surface area contributed by atoms with Gasteiger partial charge in [0.2, 0.25) is 0 Å². The molecule has 46 heavy (non-hydrogen) atoms. The highest BCUT2D eigenvalue weighted by Crippen LogP contribution is 2.57. The van der Waals surface area contributed by atoms with Crippen molar-refractivity contribution in [2.45, 2.75) is 109 Å². The molecule has 9 heteroatoms. The van der Waals surface area contributed by atoms with Crippen LogP contribution in [-0.4, -0.2) is 40.1 Å². The minimum Gasteiger partial charge on any atom is -0.469 e. The minimum absolute atomic E-state index is 0.117. The number of carbonyl (C=O) groups is 2. The molecule has 2 aromatic carbocycles. The van der Waals surface area contributed by atoms with Crippen LogP contribution in [-0.2, 0) is 39.9 Å². The maximum atomic E-state index is 15.0. The first-order valence-electron chi connectivity index (χ1n) is 16.1. The molecule has 248 valence electrons. The number of methoxy groups -OCH3 is 1. The van der Waals surface area contributed by atoms with Crippen LogP contribution in [0.15, 0.2) is 53.4 Å². The minimum atomic E-state index is -4.15. The number of hydrogen-bond acceptors (Lipinski definition) is 7. The lowest BCUT2D eigenvalue weighted by Gasteiger charge is -2.49. The van der Waals surface area contributed by atoms with Gasteiger partial charge in [-0.1, -0.05) is 78.6 Å². The highest BCUT2D eigenvalue weighted by Gasteiger charge is 2.56. The molecule has 0 bridgehead atoms. The van der Waals surface area contributed by atoms with E-state index in [-0.39, 0.29) is 23.9 Å². The monoisotopic (exact) mass is 648 g/mol. The molecule has 0 spiro atoms. The Kier molecular flexibility index (Phi) is 9.85. The lowest BCUT2D eigenvalue weighted by atomic mass is 9.52. The fourth-order valence-electron chi connectivity index (χ4n) is 8.20. The largest absolute Gasteiger partial charge is 0.469 e. The molecule has 0 radical (unpaired) electrons. The van der Waals surface area contributed by atoms with Crippen molar-refractivity contribution in [3.8, 4) is 6.07 Å². The standard InChI is InChI=1S/C37H48N2O6S/c1-9-45-33(41)19-17-26-16-18-29-30(23-26)39(31-15-10-11-21-36(29,31)22-20-32(40)44-8)46(42,43)28-14-12-13-27(24-28)37(25-38,34(2,3)4)35(5,6)7/h12-14,16-19,23-24,31H,9-11,15,20-22H2,1-8H3/b19-17+/t31-,36+/m0/s1. The first-order chi connectivity index (χ1) is 21.5. The summed E-state index contributed by atoms with van der Waals surface area (Å²) >= 11 is 0. The molecule has 4 rings (SSSR count). The summed E-state index contributed by atoms with van der Waals surface area (Å²) in [6.07, 6.45) is 6.71. The maximum absolute atomic E-state index is 15.0. The molecule has 1 heterocycles. The normalized spacial score (nSPS) is 20.2. The van der Waals surface area contributed by atoms with Crippen molar-refractivity contribution in [2.75, 3.05) is 18.0 Å². The second-order valence-corrected chi connectivity index (χ2v) is 16.4. The van der Waals surface area contributed by atoms with E-state index in [0.717, 1.165) is 24.8 Å². The molecule has 2 aliphatic rings. The van der Waals surface area contributed by atoms with Crippen molar-refractivity contribution >= 4 is 33.7 Å². The number of esters is 2. The predicted octanol–water partition coefficient (Wildman–Crippen LogP) is 7.46. The van der Waals surface area contributed by atoms with E-state index >= 15 is 0 Å². The van der Waals surface area contributed by atoms with Gasteiger partial charge in [-0.15, -0.1) is 0 Å². The van der Waals surface area contributed by atoms with Crippen LogP contribution in [0.4, 0.5) is 5.69 Å². The highest BCUT2D eigenvalue weighted by molar-refractivity contribution is 7.93. The molecule has 1 aliphatic carbocycles. The Hall–Kier alpha value is -3.64. The summed E-state index contributed by atoms with van der Waals surface area (Å²) in [5.41, 5.74) is 0.159. The average molecular weight is 649 g/mol. The number of sulfonamides is 1. The van der Waals surface area contributed by atoms with Crippen LogP contribution < -0.4 is 4.31 Å². The Morgan fingerprint density at radius 3 is 2.37 bits per heavy atom. The molecule has 0 amide bonds. The van der Waals surface area contributed by atoms with E-state index in [1.54, 1.807) is 35.5 Å². The Bertz CT molecular complexity index is 1640. The van der Waals surface area contributed by atoms with E-state index < -0.39 is 43.7 Å². The second kappa shape index (κ2) is 12.9. The molecule has 0 unspecified atom stereocenters. The van der Waals surface area contributed by atoms with E-state index in [9.17, 15) is 23.3 Å². The van der Waals surface area contributed by atoms with Crippen molar-refractivity contribution in [2.24, 2.45) is 10.8 Å². The topological polar surface area (TPSA) is 114 Å². The summed E-state index contributed by atoms with van der Waals surface area (Å²) in [5.74, 6) is -0.813. The molecular formula is C37H48N2O6S. The summed E-state index contributed by atoms with van der Waals surface area (Å²) in [4.78, 5) is 24.6. The van der Waals surface area contributed by atoms with E-state index in [2.05, 4.69) is 6.07 Å². The second-order valence-electron chi connectivity index (χ2n) is 14.5. The molecule has 8 nitrogen and oxygen atoms in total. The Morgan fingerprint density at radius 1 is 1.07 bits per heavy atom. The van der Waals surface area contributed by atoms with E-state index in [0.29, 0.717) is 29.7 Å². The Morgan fingerprint density at radius 2 is 1.76 bits per heavy atom. The molecule has 0 saturated heterocycles. The number of nitriles is 1. The molecule has 1 aliphatic heterocycles. The van der Waals surface area contributed by atoms with Crippen molar-refractivity contribution < 1.29 is 27.5 Å². The number of anilines is 1. The van der Waals surface area contributed by atoms with Crippen molar-refractivity contribution in [3.63, 3.8) is 0 Å². The Balaban J connectivity index is 1.94. The highest BCUT2D eigenvalue weighted by atomic mass is 32.2. The van der Waals surface area contributed by atoms with Crippen molar-refractivity contribution in [1.82, 2.24) is 0 Å². The third-order valence-electron chi connectivity index (χ3n) is 10.0. The Labute approximate surface area is 274 Å². The molecule has 0 aromatic heterocycles.